The van der Waals surface area contributed by atoms with Crippen molar-refractivity contribution in [2.75, 3.05) is 0 Å². The van der Waals surface area contributed by atoms with Crippen molar-refractivity contribution >= 4 is 29.1 Å². The van der Waals surface area contributed by atoms with Gasteiger partial charge in [-0.05, 0) is 17.1 Å². The standard InChI is InChI=1S/C13H16N4OS2/c1-2-12-15-13(20-17-12)19-10(8-11(14)16-18)9-6-4-3-5-7-9/h3-7,10,18H,2,8H2,1H3,(H2,14,16). The van der Waals surface area contributed by atoms with Crippen molar-refractivity contribution < 1.29 is 5.21 Å². The molecule has 7 heteroatoms. The first kappa shape index (κ1) is 14.8. The van der Waals surface area contributed by atoms with Gasteiger partial charge in [-0.1, -0.05) is 54.2 Å². The molecule has 2 rings (SSSR count). The fourth-order valence-electron chi connectivity index (χ4n) is 1.68. The number of rotatable bonds is 6. The van der Waals surface area contributed by atoms with Crippen LogP contribution in [0.3, 0.4) is 0 Å². The maximum Gasteiger partial charge on any atom is 0.170 e. The van der Waals surface area contributed by atoms with Crippen LogP contribution in [0.25, 0.3) is 0 Å². The lowest BCUT2D eigenvalue weighted by atomic mass is 10.1. The first-order valence-corrected chi connectivity index (χ1v) is 7.88. The van der Waals surface area contributed by atoms with E-state index in [0.29, 0.717) is 6.42 Å². The van der Waals surface area contributed by atoms with Crippen molar-refractivity contribution in [2.24, 2.45) is 10.9 Å². The minimum Gasteiger partial charge on any atom is -0.409 e. The molecule has 0 spiro atoms. The predicted molar refractivity (Wildman–Crippen MR) is 82.4 cm³/mol. The minimum absolute atomic E-state index is 0.0600. The van der Waals surface area contributed by atoms with E-state index in [0.717, 1.165) is 22.1 Å². The molecule has 0 bridgehead atoms. The Hall–Kier alpha value is -1.60. The minimum atomic E-state index is 0.0600. The molecule has 2 aromatic rings. The number of thioether (sulfide) groups is 1. The molecule has 0 fully saturated rings. The van der Waals surface area contributed by atoms with Gasteiger partial charge < -0.3 is 10.9 Å². The monoisotopic (exact) mass is 308 g/mol. The second kappa shape index (κ2) is 7.25. The van der Waals surface area contributed by atoms with Gasteiger partial charge >= 0.3 is 0 Å². The van der Waals surface area contributed by atoms with E-state index in [1.165, 1.54) is 11.5 Å². The molecule has 0 saturated heterocycles. The Kier molecular flexibility index (Phi) is 5.37. The van der Waals surface area contributed by atoms with Gasteiger partial charge in [-0.15, -0.1) is 0 Å². The van der Waals surface area contributed by atoms with Crippen molar-refractivity contribution in [3.63, 3.8) is 0 Å². The van der Waals surface area contributed by atoms with Crippen molar-refractivity contribution in [1.82, 2.24) is 9.36 Å². The third kappa shape index (κ3) is 3.94. The number of aryl methyl sites for hydroxylation is 1. The van der Waals surface area contributed by atoms with Crippen LogP contribution >= 0.6 is 23.3 Å². The largest absolute Gasteiger partial charge is 0.409 e. The van der Waals surface area contributed by atoms with Gasteiger partial charge in [0.15, 0.2) is 4.34 Å². The summed E-state index contributed by atoms with van der Waals surface area (Å²) in [5.41, 5.74) is 6.77. The molecule has 3 N–H and O–H groups in total. The van der Waals surface area contributed by atoms with Crippen LogP contribution in [0.2, 0.25) is 0 Å². The van der Waals surface area contributed by atoms with Gasteiger partial charge in [-0.2, -0.15) is 4.37 Å². The maximum atomic E-state index is 8.77. The van der Waals surface area contributed by atoms with Crippen molar-refractivity contribution in [3.8, 4) is 0 Å². The predicted octanol–water partition coefficient (Wildman–Crippen LogP) is 3.07. The summed E-state index contributed by atoms with van der Waals surface area (Å²) in [4.78, 5) is 4.45. The van der Waals surface area contributed by atoms with Crippen molar-refractivity contribution in [3.05, 3.63) is 41.7 Å². The molecule has 0 aliphatic rings. The van der Waals surface area contributed by atoms with Gasteiger partial charge in [-0.25, -0.2) is 4.98 Å². The number of nitrogens with zero attached hydrogens (tertiary/aromatic N) is 3. The van der Waals surface area contributed by atoms with Crippen LogP contribution in [0.15, 0.2) is 39.8 Å². The van der Waals surface area contributed by atoms with E-state index in [1.54, 1.807) is 11.8 Å². The number of hydrogen-bond acceptors (Lipinski definition) is 6. The Morgan fingerprint density at radius 1 is 1.45 bits per heavy atom. The zero-order valence-corrected chi connectivity index (χ0v) is 12.7. The molecule has 1 aromatic heterocycles. The number of aromatic nitrogens is 2. The van der Waals surface area contributed by atoms with Gasteiger partial charge in [-0.3, -0.25) is 0 Å². The Balaban J connectivity index is 2.18. The molecule has 1 heterocycles. The van der Waals surface area contributed by atoms with Gasteiger partial charge in [0.05, 0.1) is 0 Å². The maximum absolute atomic E-state index is 8.77. The van der Waals surface area contributed by atoms with Gasteiger partial charge in [0.1, 0.15) is 11.7 Å². The lowest BCUT2D eigenvalue weighted by molar-refractivity contribution is 0.317. The number of nitrogens with two attached hydrogens (primary N) is 1. The number of oxime groups is 1. The molecule has 1 unspecified atom stereocenters. The van der Waals surface area contributed by atoms with Crippen LogP contribution in [0.5, 0.6) is 0 Å². The average molecular weight is 308 g/mol. The summed E-state index contributed by atoms with van der Waals surface area (Å²) in [5.74, 6) is 1.07. The molecule has 0 aliphatic heterocycles. The molecule has 0 aliphatic carbocycles. The van der Waals surface area contributed by atoms with Gasteiger partial charge in [0.25, 0.3) is 0 Å². The number of hydrogen-bond donors (Lipinski definition) is 2. The van der Waals surface area contributed by atoms with Crippen LogP contribution in [-0.4, -0.2) is 20.4 Å². The Morgan fingerprint density at radius 2 is 2.20 bits per heavy atom. The average Bonchev–Trinajstić information content (AvgIpc) is 2.95. The summed E-state index contributed by atoms with van der Waals surface area (Å²) in [6, 6.07) is 9.99. The fourth-order valence-corrected chi connectivity index (χ4v) is 3.76. The lowest BCUT2D eigenvalue weighted by Crippen LogP contribution is -2.14. The van der Waals surface area contributed by atoms with Crippen LogP contribution in [0, 0.1) is 0 Å². The van der Waals surface area contributed by atoms with E-state index in [4.69, 9.17) is 10.9 Å². The molecule has 106 valence electrons. The van der Waals surface area contributed by atoms with Crippen LogP contribution < -0.4 is 5.73 Å². The summed E-state index contributed by atoms with van der Waals surface area (Å²) in [6.07, 6.45) is 1.29. The molecule has 1 aromatic carbocycles. The highest BCUT2D eigenvalue weighted by molar-refractivity contribution is 8.01. The molecular weight excluding hydrogens is 292 g/mol. The Morgan fingerprint density at radius 3 is 2.80 bits per heavy atom. The van der Waals surface area contributed by atoms with Gasteiger partial charge in [0, 0.05) is 18.1 Å². The zero-order chi connectivity index (χ0) is 14.4. The second-order valence-corrected chi connectivity index (χ2v) is 6.34. The van der Waals surface area contributed by atoms with Gasteiger partial charge in [0.2, 0.25) is 0 Å². The highest BCUT2D eigenvalue weighted by Gasteiger charge is 2.17. The molecule has 0 saturated carbocycles. The third-order valence-corrected chi connectivity index (χ3v) is 4.78. The highest BCUT2D eigenvalue weighted by Crippen LogP contribution is 2.38. The third-order valence-electron chi connectivity index (χ3n) is 2.70. The molecule has 1 atom stereocenters. The highest BCUT2D eigenvalue weighted by atomic mass is 32.2. The van der Waals surface area contributed by atoms with E-state index in [2.05, 4.69) is 14.5 Å². The first-order valence-electron chi connectivity index (χ1n) is 6.23. The smallest absolute Gasteiger partial charge is 0.170 e. The summed E-state index contributed by atoms with van der Waals surface area (Å²) in [7, 11) is 0. The van der Waals surface area contributed by atoms with Crippen molar-refractivity contribution in [2.45, 2.75) is 29.4 Å². The normalized spacial score (nSPS) is 13.3. The second-order valence-electron chi connectivity index (χ2n) is 4.14. The molecule has 0 amide bonds. The SMILES string of the molecule is CCc1nsc(SC(C/C(N)=N/O)c2ccccc2)n1. The Bertz CT molecular complexity index is 571. The van der Waals surface area contributed by atoms with E-state index < -0.39 is 0 Å². The quantitative estimate of drug-likeness (QED) is 0.282. The van der Waals surface area contributed by atoms with Crippen LogP contribution in [0.4, 0.5) is 0 Å². The van der Waals surface area contributed by atoms with Crippen LogP contribution in [0.1, 0.15) is 30.0 Å². The van der Waals surface area contributed by atoms with E-state index in [1.807, 2.05) is 37.3 Å². The fraction of sp³-hybridized carbons (Fsp3) is 0.308. The van der Waals surface area contributed by atoms with E-state index >= 15 is 0 Å². The van der Waals surface area contributed by atoms with Crippen LogP contribution in [-0.2, 0) is 6.42 Å². The summed E-state index contributed by atoms with van der Waals surface area (Å²) in [6.45, 7) is 2.03. The first-order chi connectivity index (χ1) is 9.72. The molecule has 0 radical (unpaired) electrons. The summed E-state index contributed by atoms with van der Waals surface area (Å²) in [5, 5.41) is 11.9. The number of benzene rings is 1. The van der Waals surface area contributed by atoms with E-state index in [-0.39, 0.29) is 11.1 Å². The molecular formula is C13H16N4OS2. The van der Waals surface area contributed by atoms with Crippen molar-refractivity contribution in [1.29, 1.82) is 0 Å². The topological polar surface area (TPSA) is 84.4 Å². The lowest BCUT2D eigenvalue weighted by Gasteiger charge is -2.14. The molecule has 20 heavy (non-hydrogen) atoms. The molecule has 5 nitrogen and oxygen atoms in total. The Labute approximate surface area is 126 Å². The number of amidine groups is 1. The zero-order valence-electron chi connectivity index (χ0n) is 11.1. The summed E-state index contributed by atoms with van der Waals surface area (Å²) < 4.78 is 5.18. The summed E-state index contributed by atoms with van der Waals surface area (Å²) >= 11 is 2.99. The van der Waals surface area contributed by atoms with E-state index in [9.17, 15) is 0 Å².